The molecule has 1 rings (SSSR count). The van der Waals surface area contributed by atoms with E-state index in [0.29, 0.717) is 0 Å². The van der Waals surface area contributed by atoms with E-state index in [1.807, 2.05) is 35.3 Å². The van der Waals surface area contributed by atoms with Gasteiger partial charge >= 0.3 is 0 Å². The summed E-state index contributed by atoms with van der Waals surface area (Å²) in [5.41, 5.74) is 5.46. The molecule has 0 fully saturated rings. The first-order valence-corrected chi connectivity index (χ1v) is 4.38. The molecule has 1 radical (unpaired) electrons. The van der Waals surface area contributed by atoms with Crippen LogP contribution in [0.4, 0.5) is 5.69 Å². The van der Waals surface area contributed by atoms with Crippen LogP contribution in [-0.2, 0) is 0 Å². The third-order valence-electron chi connectivity index (χ3n) is 1.74. The lowest BCUT2D eigenvalue weighted by molar-refractivity contribution is 0.244. The summed E-state index contributed by atoms with van der Waals surface area (Å²) in [6.07, 6.45) is 0. The van der Waals surface area contributed by atoms with Gasteiger partial charge in [-0.15, -0.1) is 0 Å². The van der Waals surface area contributed by atoms with Crippen molar-refractivity contribution >= 4 is 5.69 Å². The van der Waals surface area contributed by atoms with Gasteiger partial charge in [0.25, 0.3) is 0 Å². The van der Waals surface area contributed by atoms with E-state index in [-0.39, 0.29) is 0 Å². The zero-order valence-corrected chi connectivity index (χ0v) is 7.70. The lowest BCUT2D eigenvalue weighted by atomic mass is 10.3. The molecule has 0 heterocycles. The lowest BCUT2D eigenvalue weighted by Gasteiger charge is -2.16. The van der Waals surface area contributed by atoms with E-state index in [2.05, 4.69) is 19.3 Å². The molecule has 0 aromatic heterocycles. The molecule has 0 N–H and O–H groups in total. The van der Waals surface area contributed by atoms with Crippen LogP contribution in [0.15, 0.2) is 30.3 Å². The Kier molecular flexibility index (Phi) is 3.61. The predicted octanol–water partition coefficient (Wildman–Crippen LogP) is 2.18. The van der Waals surface area contributed by atoms with E-state index in [1.54, 1.807) is 0 Å². The van der Waals surface area contributed by atoms with E-state index in [9.17, 15) is 0 Å². The van der Waals surface area contributed by atoms with Crippen LogP contribution in [0, 0.1) is 0 Å². The normalized spacial score (nSPS) is 10.2. The third-order valence-corrected chi connectivity index (χ3v) is 1.74. The Morgan fingerprint density at radius 1 is 1.08 bits per heavy atom. The van der Waals surface area contributed by atoms with E-state index >= 15 is 0 Å². The van der Waals surface area contributed by atoms with E-state index in [4.69, 9.17) is 0 Å². The van der Waals surface area contributed by atoms with Gasteiger partial charge in [-0.05, 0) is 12.1 Å². The minimum Gasteiger partial charge on any atom is -0.201 e. The minimum absolute atomic E-state index is 0.964. The highest BCUT2D eigenvalue weighted by atomic mass is 15.5. The van der Waals surface area contributed by atoms with Gasteiger partial charge in [-0.2, -0.15) is 5.43 Å². The van der Waals surface area contributed by atoms with Crippen LogP contribution in [0.5, 0.6) is 0 Å². The zero-order valence-electron chi connectivity index (χ0n) is 7.70. The summed E-state index contributed by atoms with van der Waals surface area (Å²) >= 11 is 0. The molecule has 0 aliphatic carbocycles. The molecule has 0 bridgehead atoms. The van der Waals surface area contributed by atoms with Gasteiger partial charge in [0, 0.05) is 13.1 Å². The van der Waals surface area contributed by atoms with Crippen LogP contribution in [0.2, 0.25) is 0 Å². The fourth-order valence-electron chi connectivity index (χ4n) is 1.02. The highest BCUT2D eigenvalue weighted by Gasteiger charge is 1.99. The first kappa shape index (κ1) is 9.07. The maximum atomic E-state index is 4.43. The summed E-state index contributed by atoms with van der Waals surface area (Å²) in [6.45, 7) is 6.14. The number of rotatable bonds is 4. The minimum atomic E-state index is 0.964. The van der Waals surface area contributed by atoms with E-state index < -0.39 is 0 Å². The third kappa shape index (κ3) is 2.55. The van der Waals surface area contributed by atoms with Crippen molar-refractivity contribution < 1.29 is 0 Å². The Balaban J connectivity index is 2.51. The number of benzene rings is 1. The second-order valence-electron chi connectivity index (χ2n) is 2.57. The van der Waals surface area contributed by atoms with Gasteiger partial charge in [-0.3, -0.25) is 0 Å². The predicted molar refractivity (Wildman–Crippen MR) is 51.2 cm³/mol. The average Bonchev–Trinajstić information content (AvgIpc) is 2.16. The molecular formula is C10H15N2. The molecule has 0 amide bonds. The van der Waals surface area contributed by atoms with E-state index in [1.165, 1.54) is 0 Å². The Labute approximate surface area is 74.2 Å². The number of hydrogen-bond acceptors (Lipinski definition) is 1. The molecule has 0 saturated heterocycles. The van der Waals surface area contributed by atoms with E-state index in [0.717, 1.165) is 18.8 Å². The highest BCUT2D eigenvalue weighted by molar-refractivity contribution is 5.33. The van der Waals surface area contributed by atoms with Crippen molar-refractivity contribution in [1.82, 2.24) is 10.4 Å². The standard InChI is InChI=1S/C10H15N2/c1-3-12(4-2)11-10-8-6-5-7-9-10/h5-9H,3-4H2,1-2H3. The van der Waals surface area contributed by atoms with Crippen LogP contribution < -0.4 is 5.43 Å². The average molecular weight is 163 g/mol. The monoisotopic (exact) mass is 163 g/mol. The van der Waals surface area contributed by atoms with Crippen molar-refractivity contribution in [1.29, 1.82) is 0 Å². The van der Waals surface area contributed by atoms with Gasteiger partial charge in [0.15, 0.2) is 0 Å². The molecule has 65 valence electrons. The molecule has 12 heavy (non-hydrogen) atoms. The molecule has 0 aliphatic heterocycles. The van der Waals surface area contributed by atoms with Gasteiger partial charge in [0.1, 0.15) is 0 Å². The molecule has 0 atom stereocenters. The van der Waals surface area contributed by atoms with Crippen molar-refractivity contribution in [2.24, 2.45) is 0 Å². The second kappa shape index (κ2) is 4.78. The molecular weight excluding hydrogens is 148 g/mol. The fourth-order valence-corrected chi connectivity index (χ4v) is 1.02. The van der Waals surface area contributed by atoms with Crippen LogP contribution in [0.25, 0.3) is 0 Å². The van der Waals surface area contributed by atoms with Crippen molar-refractivity contribution in [2.45, 2.75) is 13.8 Å². The number of nitrogens with zero attached hydrogens (tertiary/aromatic N) is 2. The first-order chi connectivity index (χ1) is 5.86. The topological polar surface area (TPSA) is 17.3 Å². The van der Waals surface area contributed by atoms with Gasteiger partial charge in [-0.1, -0.05) is 32.0 Å². The molecule has 0 spiro atoms. The van der Waals surface area contributed by atoms with Gasteiger partial charge in [-0.25, -0.2) is 5.01 Å². The van der Waals surface area contributed by atoms with Crippen molar-refractivity contribution in [2.75, 3.05) is 13.1 Å². The van der Waals surface area contributed by atoms with Crippen LogP contribution in [-0.4, -0.2) is 18.1 Å². The summed E-state index contributed by atoms with van der Waals surface area (Å²) in [5.74, 6) is 0. The van der Waals surface area contributed by atoms with Crippen molar-refractivity contribution in [3.8, 4) is 0 Å². The lowest BCUT2D eigenvalue weighted by Crippen LogP contribution is -2.28. The van der Waals surface area contributed by atoms with Crippen LogP contribution in [0.1, 0.15) is 13.8 Å². The summed E-state index contributed by atoms with van der Waals surface area (Å²) in [4.78, 5) is 0. The molecule has 0 unspecified atom stereocenters. The Morgan fingerprint density at radius 3 is 2.17 bits per heavy atom. The zero-order chi connectivity index (χ0) is 8.81. The summed E-state index contributed by atoms with van der Waals surface area (Å²) in [5, 5.41) is 2.04. The van der Waals surface area contributed by atoms with Gasteiger partial charge < -0.3 is 0 Å². The first-order valence-electron chi connectivity index (χ1n) is 4.38. The molecule has 2 nitrogen and oxygen atoms in total. The smallest absolute Gasteiger partial charge is 0.0776 e. The Morgan fingerprint density at radius 2 is 1.67 bits per heavy atom. The highest BCUT2D eigenvalue weighted by Crippen LogP contribution is 2.06. The van der Waals surface area contributed by atoms with Gasteiger partial charge in [0.2, 0.25) is 0 Å². The molecule has 0 saturated carbocycles. The Hall–Kier alpha value is -1.02. The van der Waals surface area contributed by atoms with Crippen molar-refractivity contribution in [3.05, 3.63) is 30.3 Å². The maximum absolute atomic E-state index is 4.43. The second-order valence-corrected chi connectivity index (χ2v) is 2.57. The maximum Gasteiger partial charge on any atom is 0.0776 e. The van der Waals surface area contributed by atoms with Crippen LogP contribution in [0.3, 0.4) is 0 Å². The quantitative estimate of drug-likeness (QED) is 0.622. The SMILES string of the molecule is CCN(CC)[N]c1ccccc1. The largest absolute Gasteiger partial charge is 0.201 e. The fraction of sp³-hybridized carbons (Fsp3) is 0.400. The molecule has 1 aromatic carbocycles. The van der Waals surface area contributed by atoms with Crippen molar-refractivity contribution in [3.63, 3.8) is 0 Å². The summed E-state index contributed by atoms with van der Waals surface area (Å²) in [7, 11) is 0. The number of hydrogen-bond donors (Lipinski definition) is 0. The molecule has 1 aromatic rings. The molecule has 2 heteroatoms. The van der Waals surface area contributed by atoms with Gasteiger partial charge in [0.05, 0.1) is 5.69 Å². The van der Waals surface area contributed by atoms with Crippen LogP contribution >= 0.6 is 0 Å². The molecule has 0 aliphatic rings. The Bertz CT molecular complexity index is 204. The summed E-state index contributed by atoms with van der Waals surface area (Å²) < 4.78 is 0. The summed E-state index contributed by atoms with van der Waals surface area (Å²) in [6, 6.07) is 10.0.